The van der Waals surface area contributed by atoms with Crippen molar-refractivity contribution in [2.24, 2.45) is 0 Å². The fourth-order valence-corrected chi connectivity index (χ4v) is 5.91. The van der Waals surface area contributed by atoms with Gasteiger partial charge in [-0.2, -0.15) is 0 Å². The van der Waals surface area contributed by atoms with Crippen LogP contribution in [-0.2, 0) is 28.6 Å². The molecule has 0 aromatic heterocycles. The van der Waals surface area contributed by atoms with Crippen molar-refractivity contribution in [3.8, 4) is 0 Å². The molecule has 0 N–H and O–H groups in total. The SMILES string of the molecule is CC/C=C/C/C=C/C/C=C/C/C=C/C/C=C/C/C=C/CCCCCC(=O)OCC(COCCC(C(=O)[O-])[N+](C)(C)C)OC(=O)CCCCCC/C=C/C/C=C/C/C=C/CC. The number of carboxylic acids is 1. The maximum Gasteiger partial charge on any atom is 0.306 e. The van der Waals surface area contributed by atoms with Crippen molar-refractivity contribution in [2.45, 2.75) is 161 Å². The molecule has 0 aromatic carbocycles. The van der Waals surface area contributed by atoms with E-state index < -0.39 is 18.1 Å². The van der Waals surface area contributed by atoms with E-state index in [-0.39, 0.29) is 49.1 Å². The average molecular weight is 834 g/mol. The van der Waals surface area contributed by atoms with Crippen molar-refractivity contribution in [1.29, 1.82) is 0 Å². The van der Waals surface area contributed by atoms with Gasteiger partial charge in [0.15, 0.2) is 6.10 Å². The highest BCUT2D eigenvalue weighted by molar-refractivity contribution is 5.70. The molecule has 60 heavy (non-hydrogen) atoms. The Bertz CT molecular complexity index is 1340. The van der Waals surface area contributed by atoms with Crippen molar-refractivity contribution < 1.29 is 38.2 Å². The molecule has 2 unspecified atom stereocenters. The fourth-order valence-electron chi connectivity index (χ4n) is 5.91. The average Bonchev–Trinajstić information content (AvgIpc) is 3.21. The normalized spacial score (nSPS) is 13.9. The van der Waals surface area contributed by atoms with Crippen molar-refractivity contribution in [3.05, 3.63) is 109 Å². The van der Waals surface area contributed by atoms with E-state index in [9.17, 15) is 19.5 Å². The minimum absolute atomic E-state index is 0.0127. The number of carbonyl (C=O) groups excluding carboxylic acids is 3. The van der Waals surface area contributed by atoms with Gasteiger partial charge in [0.25, 0.3) is 0 Å². The lowest BCUT2D eigenvalue weighted by Gasteiger charge is -2.34. The van der Waals surface area contributed by atoms with Crippen LogP contribution in [0, 0.1) is 0 Å². The predicted molar refractivity (Wildman–Crippen MR) is 249 cm³/mol. The molecule has 8 nitrogen and oxygen atoms in total. The highest BCUT2D eigenvalue weighted by atomic mass is 16.6. The molecule has 0 aromatic rings. The van der Waals surface area contributed by atoms with Gasteiger partial charge in [0.1, 0.15) is 12.6 Å². The van der Waals surface area contributed by atoms with E-state index in [1.54, 1.807) is 21.1 Å². The van der Waals surface area contributed by atoms with Gasteiger partial charge >= 0.3 is 11.9 Å². The minimum Gasteiger partial charge on any atom is -0.544 e. The van der Waals surface area contributed by atoms with Crippen molar-refractivity contribution in [1.82, 2.24) is 0 Å². The lowest BCUT2D eigenvalue weighted by atomic mass is 10.1. The number of carboxylic acid groups (broad SMARTS) is 1. The molecule has 0 spiro atoms. The molecule has 0 aliphatic heterocycles. The van der Waals surface area contributed by atoms with E-state index in [4.69, 9.17) is 14.2 Å². The van der Waals surface area contributed by atoms with Gasteiger partial charge in [-0.3, -0.25) is 9.59 Å². The number of allylic oxidation sites excluding steroid dienone is 18. The van der Waals surface area contributed by atoms with Gasteiger partial charge in [-0.05, 0) is 96.3 Å². The van der Waals surface area contributed by atoms with Crippen LogP contribution in [0.3, 0.4) is 0 Å². The summed E-state index contributed by atoms with van der Waals surface area (Å²) in [5.41, 5.74) is 0. The van der Waals surface area contributed by atoms with Crippen LogP contribution in [-0.4, -0.2) is 75.5 Å². The highest BCUT2D eigenvalue weighted by Crippen LogP contribution is 2.12. The predicted octanol–water partition coefficient (Wildman–Crippen LogP) is 11.5. The molecule has 0 saturated carbocycles. The molecular formula is C52H83NO7. The summed E-state index contributed by atoms with van der Waals surface area (Å²) < 4.78 is 17.1. The molecule has 0 aliphatic rings. The summed E-state index contributed by atoms with van der Waals surface area (Å²) in [5.74, 6) is -1.82. The van der Waals surface area contributed by atoms with Crippen LogP contribution >= 0.6 is 0 Å². The van der Waals surface area contributed by atoms with Gasteiger partial charge in [-0.1, -0.05) is 142 Å². The summed E-state index contributed by atoms with van der Waals surface area (Å²) in [7, 11) is 5.37. The van der Waals surface area contributed by atoms with Crippen molar-refractivity contribution in [3.63, 3.8) is 0 Å². The molecule has 338 valence electrons. The van der Waals surface area contributed by atoms with E-state index >= 15 is 0 Å². The molecule has 0 saturated heterocycles. The first-order valence-corrected chi connectivity index (χ1v) is 22.9. The van der Waals surface area contributed by atoms with Crippen LogP contribution in [0.4, 0.5) is 0 Å². The van der Waals surface area contributed by atoms with Gasteiger partial charge in [-0.25, -0.2) is 0 Å². The monoisotopic (exact) mass is 834 g/mol. The van der Waals surface area contributed by atoms with Crippen LogP contribution in [0.1, 0.15) is 149 Å². The van der Waals surface area contributed by atoms with Crippen LogP contribution in [0.25, 0.3) is 0 Å². The molecule has 0 bridgehead atoms. The number of hydrogen-bond acceptors (Lipinski definition) is 7. The Hall–Kier alpha value is -4.01. The topological polar surface area (TPSA) is 102 Å². The number of rotatable bonds is 39. The largest absolute Gasteiger partial charge is 0.544 e. The van der Waals surface area contributed by atoms with Crippen LogP contribution in [0.15, 0.2) is 109 Å². The van der Waals surface area contributed by atoms with E-state index in [2.05, 4.69) is 123 Å². The summed E-state index contributed by atoms with van der Waals surface area (Å²) in [6.07, 6.45) is 56.9. The van der Waals surface area contributed by atoms with Crippen molar-refractivity contribution >= 4 is 17.9 Å². The van der Waals surface area contributed by atoms with Crippen LogP contribution < -0.4 is 5.11 Å². The Morgan fingerprint density at radius 2 is 0.883 bits per heavy atom. The highest BCUT2D eigenvalue weighted by Gasteiger charge is 2.25. The molecule has 0 rings (SSSR count). The number of unbranched alkanes of at least 4 members (excludes halogenated alkanes) is 7. The third-order valence-corrected chi connectivity index (χ3v) is 9.40. The van der Waals surface area contributed by atoms with Gasteiger partial charge in [0, 0.05) is 19.3 Å². The zero-order chi connectivity index (χ0) is 44.2. The van der Waals surface area contributed by atoms with Crippen LogP contribution in [0.2, 0.25) is 0 Å². The number of likely N-dealkylation sites (N-methyl/N-ethyl adjacent to an activating group) is 1. The third-order valence-electron chi connectivity index (χ3n) is 9.40. The number of carbonyl (C=O) groups is 3. The van der Waals surface area contributed by atoms with Crippen molar-refractivity contribution in [2.75, 3.05) is 41.0 Å². The number of esters is 2. The number of hydrogen-bond donors (Lipinski definition) is 0. The summed E-state index contributed by atoms with van der Waals surface area (Å²) in [5, 5.41) is 11.6. The van der Waals surface area contributed by atoms with E-state index in [1.807, 2.05) is 0 Å². The third kappa shape index (κ3) is 39.5. The smallest absolute Gasteiger partial charge is 0.306 e. The number of ether oxygens (including phenoxy) is 3. The first-order valence-electron chi connectivity index (χ1n) is 22.9. The Morgan fingerprint density at radius 3 is 1.30 bits per heavy atom. The van der Waals surface area contributed by atoms with E-state index in [0.717, 1.165) is 116 Å². The molecular weight excluding hydrogens is 751 g/mol. The summed E-state index contributed by atoms with van der Waals surface area (Å²) in [4.78, 5) is 36.9. The molecule has 2 atom stereocenters. The molecule has 0 aliphatic carbocycles. The Labute approximate surface area is 366 Å². The number of quaternary nitrogens is 1. The lowest BCUT2D eigenvalue weighted by Crippen LogP contribution is -2.55. The van der Waals surface area contributed by atoms with Gasteiger partial charge in [-0.15, -0.1) is 0 Å². The number of aliphatic carboxylic acids is 1. The van der Waals surface area contributed by atoms with Gasteiger partial charge in [0.05, 0.1) is 40.3 Å². The Kier molecular flexibility index (Phi) is 38.9. The second-order valence-electron chi connectivity index (χ2n) is 15.9. The standard InChI is InChI=1S/C52H83NO7/c1-6-8-10-12-14-16-18-20-22-23-24-25-26-27-28-29-31-32-34-36-38-40-42-50(54)59-47-48(46-58-45-44-49(52(56)57)53(3,4)5)60-51(55)43-41-39-37-35-33-30-21-19-17-15-13-11-9-7-2/h8-11,14-17,20-22,24-25,27-28,30-32,48-49H,6-7,12-13,18-19,23,26,29,33-47H2,1-5H3/b10-8+,11-9+,16-14+,17-15+,22-20+,25-24+,28-27+,30-21+,32-31+. The first kappa shape index (κ1) is 56.0. The molecule has 0 heterocycles. The number of nitrogens with zero attached hydrogens (tertiary/aromatic N) is 1. The zero-order valence-electron chi connectivity index (χ0n) is 38.3. The van der Waals surface area contributed by atoms with Crippen LogP contribution in [0.5, 0.6) is 0 Å². The summed E-state index contributed by atoms with van der Waals surface area (Å²) >= 11 is 0. The quantitative estimate of drug-likeness (QED) is 0.0263. The van der Waals surface area contributed by atoms with E-state index in [0.29, 0.717) is 6.42 Å². The second-order valence-corrected chi connectivity index (χ2v) is 15.9. The first-order chi connectivity index (χ1) is 29.1. The maximum atomic E-state index is 12.7. The molecule has 0 amide bonds. The summed E-state index contributed by atoms with van der Waals surface area (Å²) in [6.45, 7) is 4.35. The van der Waals surface area contributed by atoms with Gasteiger partial charge in [0.2, 0.25) is 0 Å². The maximum absolute atomic E-state index is 12.7. The fraction of sp³-hybridized carbons (Fsp3) is 0.596. The van der Waals surface area contributed by atoms with Gasteiger partial charge < -0.3 is 28.6 Å². The Morgan fingerprint density at radius 1 is 0.500 bits per heavy atom. The summed E-state index contributed by atoms with van der Waals surface area (Å²) in [6, 6.07) is -0.742. The zero-order valence-corrected chi connectivity index (χ0v) is 38.3. The molecule has 0 radical (unpaired) electrons. The molecule has 0 fully saturated rings. The Balaban J connectivity index is 4.42. The second kappa shape index (κ2) is 41.7. The lowest BCUT2D eigenvalue weighted by molar-refractivity contribution is -0.889. The van der Waals surface area contributed by atoms with E-state index in [1.165, 1.54) is 0 Å². The molecule has 8 heteroatoms. The minimum atomic E-state index is -1.14.